The maximum Gasteiger partial charge on any atom is 0.0702 e. The van der Waals surface area contributed by atoms with Crippen molar-refractivity contribution in [3.8, 4) is 0 Å². The normalized spacial score (nSPS) is 14.4. The molecule has 0 aliphatic carbocycles. The Labute approximate surface area is 133 Å². The molecule has 1 heterocycles. The third kappa shape index (κ3) is 3.92. The Morgan fingerprint density at radius 1 is 1.20 bits per heavy atom. The molecule has 108 valence electrons. The van der Waals surface area contributed by atoms with Crippen molar-refractivity contribution in [1.29, 1.82) is 0 Å². The van der Waals surface area contributed by atoms with Crippen LogP contribution in [0.1, 0.15) is 29.8 Å². The van der Waals surface area contributed by atoms with E-state index in [-0.39, 0.29) is 12.1 Å². The second-order valence-electron chi connectivity index (χ2n) is 5.06. The summed E-state index contributed by atoms with van der Waals surface area (Å²) in [6, 6.07) is 15.2. The van der Waals surface area contributed by atoms with Crippen LogP contribution in [0.4, 0.5) is 0 Å². The number of likely N-dealkylation sites (N-methyl/N-ethyl adjacent to an activating group) is 1. The highest BCUT2D eigenvalue weighted by Crippen LogP contribution is 2.33. The lowest BCUT2D eigenvalue weighted by molar-refractivity contribution is 0.205. The van der Waals surface area contributed by atoms with Gasteiger partial charge in [-0.05, 0) is 47.1 Å². The van der Waals surface area contributed by atoms with Crippen LogP contribution < -0.4 is 5.73 Å². The zero-order chi connectivity index (χ0) is 14.5. The number of hydrogen-bond acceptors (Lipinski definition) is 3. The lowest BCUT2D eigenvalue weighted by atomic mass is 10.0. The molecular formula is C16H21BrN2S. The molecule has 0 spiro atoms. The molecule has 1 aromatic carbocycles. The fourth-order valence-electron chi connectivity index (χ4n) is 2.44. The first-order valence-corrected chi connectivity index (χ1v) is 8.47. The van der Waals surface area contributed by atoms with E-state index in [1.807, 2.05) is 0 Å². The molecule has 4 heteroatoms. The van der Waals surface area contributed by atoms with E-state index in [0.717, 1.165) is 16.8 Å². The first kappa shape index (κ1) is 15.7. The van der Waals surface area contributed by atoms with Crippen LogP contribution in [0.15, 0.2) is 46.3 Å². The Balaban J connectivity index is 2.18. The smallest absolute Gasteiger partial charge is 0.0702 e. The Bertz CT molecular complexity index is 526. The van der Waals surface area contributed by atoms with Gasteiger partial charge >= 0.3 is 0 Å². The van der Waals surface area contributed by atoms with Crippen molar-refractivity contribution in [2.24, 2.45) is 5.73 Å². The van der Waals surface area contributed by atoms with E-state index in [1.54, 1.807) is 11.3 Å². The number of thiophene rings is 1. The van der Waals surface area contributed by atoms with E-state index in [0.29, 0.717) is 0 Å². The molecule has 2 rings (SSSR count). The van der Waals surface area contributed by atoms with Crippen molar-refractivity contribution >= 4 is 27.3 Å². The third-order valence-electron chi connectivity index (χ3n) is 3.51. The van der Waals surface area contributed by atoms with Gasteiger partial charge in [-0.2, -0.15) is 0 Å². The summed E-state index contributed by atoms with van der Waals surface area (Å²) >= 11 is 5.32. The van der Waals surface area contributed by atoms with E-state index >= 15 is 0 Å². The molecule has 0 aliphatic heterocycles. The summed E-state index contributed by atoms with van der Waals surface area (Å²) in [6.45, 7) is 3.06. The summed E-state index contributed by atoms with van der Waals surface area (Å²) in [7, 11) is 2.15. The van der Waals surface area contributed by atoms with Crippen molar-refractivity contribution < 1.29 is 0 Å². The molecule has 0 amide bonds. The highest BCUT2D eigenvalue weighted by Gasteiger charge is 2.24. The van der Waals surface area contributed by atoms with Gasteiger partial charge in [0.1, 0.15) is 0 Å². The van der Waals surface area contributed by atoms with Crippen LogP contribution in [0.3, 0.4) is 0 Å². The second-order valence-corrected chi connectivity index (χ2v) is 7.55. The molecule has 0 radical (unpaired) electrons. The van der Waals surface area contributed by atoms with Crippen LogP contribution in [0, 0.1) is 0 Å². The molecule has 2 nitrogen and oxygen atoms in total. The molecule has 2 atom stereocenters. The summed E-state index contributed by atoms with van der Waals surface area (Å²) in [5, 5.41) is 0. The summed E-state index contributed by atoms with van der Waals surface area (Å²) in [5.41, 5.74) is 7.68. The molecule has 2 unspecified atom stereocenters. The summed E-state index contributed by atoms with van der Waals surface area (Å²) < 4.78 is 1.16. The van der Waals surface area contributed by atoms with Crippen molar-refractivity contribution in [2.75, 3.05) is 7.05 Å². The SMILES string of the molecule is CCC(N)C(c1ccc(Br)s1)N(C)Cc1ccccc1. The molecule has 0 saturated carbocycles. The van der Waals surface area contributed by atoms with Crippen LogP contribution in [-0.4, -0.2) is 18.0 Å². The van der Waals surface area contributed by atoms with Crippen molar-refractivity contribution in [3.63, 3.8) is 0 Å². The first-order chi connectivity index (χ1) is 9.61. The van der Waals surface area contributed by atoms with Crippen LogP contribution in [0.25, 0.3) is 0 Å². The van der Waals surface area contributed by atoms with Gasteiger partial charge in [0.2, 0.25) is 0 Å². The Morgan fingerprint density at radius 2 is 1.90 bits per heavy atom. The fourth-order valence-corrected chi connectivity index (χ4v) is 4.10. The quantitative estimate of drug-likeness (QED) is 0.833. The second kappa shape index (κ2) is 7.36. The maximum absolute atomic E-state index is 6.36. The lowest BCUT2D eigenvalue weighted by Gasteiger charge is -2.31. The van der Waals surface area contributed by atoms with Gasteiger partial charge in [0.05, 0.1) is 9.83 Å². The van der Waals surface area contributed by atoms with Crippen LogP contribution in [0.5, 0.6) is 0 Å². The number of rotatable bonds is 6. The summed E-state index contributed by atoms with van der Waals surface area (Å²) in [4.78, 5) is 3.67. The monoisotopic (exact) mass is 352 g/mol. The Morgan fingerprint density at radius 3 is 2.45 bits per heavy atom. The molecule has 0 saturated heterocycles. The predicted molar refractivity (Wildman–Crippen MR) is 90.9 cm³/mol. The lowest BCUT2D eigenvalue weighted by Crippen LogP contribution is -2.38. The maximum atomic E-state index is 6.36. The van der Waals surface area contributed by atoms with Gasteiger partial charge in [0.25, 0.3) is 0 Å². The number of nitrogens with zero attached hydrogens (tertiary/aromatic N) is 1. The topological polar surface area (TPSA) is 29.3 Å². The van der Waals surface area contributed by atoms with E-state index in [2.05, 4.69) is 77.3 Å². The van der Waals surface area contributed by atoms with Gasteiger partial charge < -0.3 is 5.73 Å². The minimum atomic E-state index is 0.147. The highest BCUT2D eigenvalue weighted by molar-refractivity contribution is 9.11. The molecule has 2 aromatic rings. The van der Waals surface area contributed by atoms with E-state index < -0.39 is 0 Å². The van der Waals surface area contributed by atoms with Gasteiger partial charge in [-0.3, -0.25) is 4.90 Å². The van der Waals surface area contributed by atoms with E-state index in [9.17, 15) is 0 Å². The summed E-state index contributed by atoms with van der Waals surface area (Å²) in [6.07, 6.45) is 0.972. The Hall–Kier alpha value is -0.680. The molecule has 0 bridgehead atoms. The predicted octanol–water partition coefficient (Wildman–Crippen LogP) is 4.42. The zero-order valence-corrected chi connectivity index (χ0v) is 14.3. The average molecular weight is 353 g/mol. The molecule has 2 N–H and O–H groups in total. The molecule has 0 fully saturated rings. The number of benzene rings is 1. The molecule has 0 aliphatic rings. The van der Waals surface area contributed by atoms with Gasteiger partial charge in [-0.1, -0.05) is 37.3 Å². The van der Waals surface area contributed by atoms with Gasteiger partial charge in [-0.25, -0.2) is 0 Å². The largest absolute Gasteiger partial charge is 0.326 e. The van der Waals surface area contributed by atoms with E-state index in [1.165, 1.54) is 10.4 Å². The molecule has 1 aromatic heterocycles. The molecule has 20 heavy (non-hydrogen) atoms. The van der Waals surface area contributed by atoms with Crippen molar-refractivity contribution in [3.05, 3.63) is 56.7 Å². The minimum Gasteiger partial charge on any atom is -0.326 e. The van der Waals surface area contributed by atoms with Crippen LogP contribution in [0.2, 0.25) is 0 Å². The number of hydrogen-bond donors (Lipinski definition) is 1. The highest BCUT2D eigenvalue weighted by atomic mass is 79.9. The van der Waals surface area contributed by atoms with Crippen molar-refractivity contribution in [1.82, 2.24) is 4.90 Å². The summed E-state index contributed by atoms with van der Waals surface area (Å²) in [5.74, 6) is 0. The minimum absolute atomic E-state index is 0.147. The van der Waals surface area contributed by atoms with Gasteiger partial charge in [0.15, 0.2) is 0 Å². The molecular weight excluding hydrogens is 332 g/mol. The van der Waals surface area contributed by atoms with Crippen LogP contribution in [-0.2, 0) is 6.54 Å². The van der Waals surface area contributed by atoms with E-state index in [4.69, 9.17) is 5.73 Å². The van der Waals surface area contributed by atoms with Gasteiger partial charge in [-0.15, -0.1) is 11.3 Å². The zero-order valence-electron chi connectivity index (χ0n) is 11.9. The average Bonchev–Trinajstić information content (AvgIpc) is 2.86. The number of halogens is 1. The van der Waals surface area contributed by atoms with Gasteiger partial charge in [0, 0.05) is 17.5 Å². The standard InChI is InChI=1S/C16H21BrN2S/c1-3-13(18)16(14-9-10-15(17)20-14)19(2)11-12-7-5-4-6-8-12/h4-10,13,16H,3,11,18H2,1-2H3. The van der Waals surface area contributed by atoms with Crippen molar-refractivity contribution in [2.45, 2.75) is 32.0 Å². The first-order valence-electron chi connectivity index (χ1n) is 6.86. The Kier molecular flexibility index (Phi) is 5.78. The third-order valence-corrected chi connectivity index (χ3v) is 5.21. The van der Waals surface area contributed by atoms with Crippen LogP contribution >= 0.6 is 27.3 Å². The fraction of sp³-hybridized carbons (Fsp3) is 0.375. The number of nitrogens with two attached hydrogens (primary N) is 1.